The Morgan fingerprint density at radius 3 is 2.65 bits per heavy atom. The lowest BCUT2D eigenvalue weighted by Crippen LogP contribution is -2.38. The average Bonchev–Trinajstić information content (AvgIpc) is 2.39. The molecule has 7 heteroatoms. The Hall–Kier alpha value is -2.18. The molecule has 0 saturated carbocycles. The van der Waals surface area contributed by atoms with Crippen molar-refractivity contribution in [3.63, 3.8) is 0 Å². The summed E-state index contributed by atoms with van der Waals surface area (Å²) in [6.45, 7) is 4.68. The van der Waals surface area contributed by atoms with Crippen molar-refractivity contribution in [1.29, 1.82) is 0 Å². The Morgan fingerprint density at radius 1 is 1.50 bits per heavy atom. The van der Waals surface area contributed by atoms with E-state index >= 15 is 0 Å². The molecule has 1 aromatic heterocycles. The second-order valence-electron chi connectivity index (χ2n) is 4.89. The van der Waals surface area contributed by atoms with Crippen LogP contribution in [0.1, 0.15) is 25.3 Å². The molecule has 20 heavy (non-hydrogen) atoms. The minimum absolute atomic E-state index is 0.000971. The Kier molecular flexibility index (Phi) is 4.16. The third-order valence-electron chi connectivity index (χ3n) is 3.32. The molecule has 0 N–H and O–H groups in total. The summed E-state index contributed by atoms with van der Waals surface area (Å²) in [6, 6.07) is 1.53. The van der Waals surface area contributed by atoms with Crippen LogP contribution in [0.15, 0.2) is 12.3 Å². The third-order valence-corrected chi connectivity index (χ3v) is 3.32. The van der Waals surface area contributed by atoms with Gasteiger partial charge in [-0.25, -0.2) is 4.98 Å². The van der Waals surface area contributed by atoms with E-state index in [1.54, 1.807) is 0 Å². The van der Waals surface area contributed by atoms with Crippen molar-refractivity contribution in [3.8, 4) is 0 Å². The normalized spacial score (nSPS) is 16.0. The largest absolute Gasteiger partial charge is 0.462 e. The molecule has 1 aromatic rings. The fraction of sp³-hybridized carbons (Fsp3) is 0.538. The summed E-state index contributed by atoms with van der Waals surface area (Å²) in [5.74, 6) is 0.505. The summed E-state index contributed by atoms with van der Waals surface area (Å²) in [5.41, 5.74) is 0.784. The number of aromatic nitrogens is 1. The van der Waals surface area contributed by atoms with Crippen LogP contribution in [0.2, 0.25) is 0 Å². The van der Waals surface area contributed by atoms with Crippen LogP contribution >= 0.6 is 0 Å². The summed E-state index contributed by atoms with van der Waals surface area (Å²) < 4.78 is 5.18. The first kappa shape index (κ1) is 14.2. The number of ether oxygens (including phenoxy) is 1. The van der Waals surface area contributed by atoms with Gasteiger partial charge >= 0.3 is 5.97 Å². The summed E-state index contributed by atoms with van der Waals surface area (Å²) in [4.78, 5) is 27.4. The van der Waals surface area contributed by atoms with Crippen molar-refractivity contribution in [2.75, 3.05) is 18.0 Å². The van der Waals surface area contributed by atoms with E-state index in [0.29, 0.717) is 0 Å². The molecule has 0 aromatic carbocycles. The molecule has 0 aliphatic carbocycles. The van der Waals surface area contributed by atoms with Gasteiger partial charge in [-0.1, -0.05) is 0 Å². The Balaban J connectivity index is 2.03. The van der Waals surface area contributed by atoms with Gasteiger partial charge in [-0.05, 0) is 12.5 Å². The van der Waals surface area contributed by atoms with Crippen molar-refractivity contribution in [2.45, 2.75) is 32.8 Å². The smallest absolute Gasteiger partial charge is 0.302 e. The second kappa shape index (κ2) is 5.85. The number of rotatable bonds is 3. The van der Waals surface area contributed by atoms with E-state index < -0.39 is 4.92 Å². The Morgan fingerprint density at radius 2 is 2.15 bits per heavy atom. The van der Waals surface area contributed by atoms with Crippen molar-refractivity contribution >= 4 is 17.5 Å². The highest BCUT2D eigenvalue weighted by atomic mass is 16.6. The highest BCUT2D eigenvalue weighted by Gasteiger charge is 2.23. The molecule has 0 radical (unpaired) electrons. The zero-order valence-corrected chi connectivity index (χ0v) is 11.5. The van der Waals surface area contributed by atoms with Gasteiger partial charge in [0, 0.05) is 38.9 Å². The number of nitro groups is 1. The molecule has 7 nitrogen and oxygen atoms in total. The molecule has 2 rings (SSSR count). The summed E-state index contributed by atoms with van der Waals surface area (Å²) in [5, 5.41) is 10.7. The average molecular weight is 279 g/mol. The first-order valence-corrected chi connectivity index (χ1v) is 6.50. The zero-order valence-electron chi connectivity index (χ0n) is 11.5. The van der Waals surface area contributed by atoms with E-state index in [1.807, 2.05) is 6.92 Å². The molecule has 0 atom stereocenters. The van der Waals surface area contributed by atoms with Crippen LogP contribution in [0.3, 0.4) is 0 Å². The summed E-state index contributed by atoms with van der Waals surface area (Å²) in [7, 11) is 0. The van der Waals surface area contributed by atoms with Gasteiger partial charge in [-0.2, -0.15) is 0 Å². The van der Waals surface area contributed by atoms with Crippen LogP contribution in [0.5, 0.6) is 0 Å². The molecule has 108 valence electrons. The van der Waals surface area contributed by atoms with Crippen LogP contribution in [0.25, 0.3) is 0 Å². The number of pyridine rings is 1. The SMILES string of the molecule is CC(=O)OC1CCN(c2ncc([N+](=O)[O-])cc2C)CC1. The standard InChI is InChI=1S/C13H17N3O4/c1-9-7-11(16(18)19)8-14-13(9)15-5-3-12(4-6-15)20-10(2)17/h7-8,12H,3-6H2,1-2H3. The lowest BCUT2D eigenvalue weighted by molar-refractivity contribution is -0.385. The van der Waals surface area contributed by atoms with Gasteiger partial charge < -0.3 is 9.64 Å². The van der Waals surface area contributed by atoms with Crippen LogP contribution in [0, 0.1) is 17.0 Å². The van der Waals surface area contributed by atoms with Crippen molar-refractivity contribution in [1.82, 2.24) is 4.98 Å². The number of carbonyl (C=O) groups excluding carboxylic acids is 1. The third kappa shape index (κ3) is 3.23. The monoisotopic (exact) mass is 279 g/mol. The number of hydrogen-bond acceptors (Lipinski definition) is 6. The number of aryl methyl sites for hydroxylation is 1. The first-order valence-electron chi connectivity index (χ1n) is 6.50. The van der Waals surface area contributed by atoms with Crippen molar-refractivity contribution in [3.05, 3.63) is 27.9 Å². The van der Waals surface area contributed by atoms with Crippen LogP contribution in [-0.2, 0) is 9.53 Å². The summed E-state index contributed by atoms with van der Waals surface area (Å²) >= 11 is 0. The maximum atomic E-state index is 10.9. The van der Waals surface area contributed by atoms with E-state index in [-0.39, 0.29) is 17.8 Å². The van der Waals surface area contributed by atoms with E-state index in [4.69, 9.17) is 4.74 Å². The first-order chi connectivity index (χ1) is 9.47. The predicted octanol–water partition coefficient (Wildman–Crippen LogP) is 1.83. The topological polar surface area (TPSA) is 85.6 Å². The van der Waals surface area contributed by atoms with Crippen LogP contribution < -0.4 is 4.90 Å². The molecule has 0 amide bonds. The van der Waals surface area contributed by atoms with Gasteiger partial charge in [0.2, 0.25) is 0 Å². The van der Waals surface area contributed by atoms with Gasteiger partial charge in [0.15, 0.2) is 0 Å². The van der Waals surface area contributed by atoms with E-state index in [9.17, 15) is 14.9 Å². The highest BCUT2D eigenvalue weighted by molar-refractivity contribution is 5.66. The molecule has 1 fully saturated rings. The van der Waals surface area contributed by atoms with E-state index in [1.165, 1.54) is 19.2 Å². The minimum Gasteiger partial charge on any atom is -0.462 e. The number of esters is 1. The van der Waals surface area contributed by atoms with Gasteiger partial charge in [0.05, 0.1) is 4.92 Å². The fourth-order valence-corrected chi connectivity index (χ4v) is 2.40. The quantitative estimate of drug-likeness (QED) is 0.476. The number of hydrogen-bond donors (Lipinski definition) is 0. The molecule has 1 aliphatic heterocycles. The molecule has 0 unspecified atom stereocenters. The number of piperidine rings is 1. The predicted molar refractivity (Wildman–Crippen MR) is 72.6 cm³/mol. The molecule has 0 spiro atoms. The molecule has 1 saturated heterocycles. The van der Waals surface area contributed by atoms with Gasteiger partial charge in [-0.3, -0.25) is 14.9 Å². The molecule has 2 heterocycles. The number of anilines is 1. The van der Waals surface area contributed by atoms with Gasteiger partial charge in [-0.15, -0.1) is 0 Å². The zero-order chi connectivity index (χ0) is 14.7. The number of nitrogens with zero attached hydrogens (tertiary/aromatic N) is 3. The van der Waals surface area contributed by atoms with Crippen molar-refractivity contribution in [2.24, 2.45) is 0 Å². The molecule has 0 bridgehead atoms. The lowest BCUT2D eigenvalue weighted by Gasteiger charge is -2.32. The van der Waals surface area contributed by atoms with Crippen LogP contribution in [-0.4, -0.2) is 35.1 Å². The van der Waals surface area contributed by atoms with E-state index in [0.717, 1.165) is 37.3 Å². The highest BCUT2D eigenvalue weighted by Crippen LogP contribution is 2.25. The fourth-order valence-electron chi connectivity index (χ4n) is 2.40. The molecular formula is C13H17N3O4. The number of carbonyl (C=O) groups is 1. The van der Waals surface area contributed by atoms with Gasteiger partial charge in [0.25, 0.3) is 5.69 Å². The minimum atomic E-state index is -0.448. The maximum absolute atomic E-state index is 10.9. The Labute approximate surface area is 116 Å². The van der Waals surface area contributed by atoms with Gasteiger partial charge in [0.1, 0.15) is 18.1 Å². The Bertz CT molecular complexity index is 524. The second-order valence-corrected chi connectivity index (χ2v) is 4.89. The lowest BCUT2D eigenvalue weighted by atomic mass is 10.1. The van der Waals surface area contributed by atoms with Crippen LogP contribution in [0.4, 0.5) is 11.5 Å². The van der Waals surface area contributed by atoms with E-state index in [2.05, 4.69) is 9.88 Å². The maximum Gasteiger partial charge on any atom is 0.302 e. The summed E-state index contributed by atoms with van der Waals surface area (Å²) in [6.07, 6.45) is 2.73. The van der Waals surface area contributed by atoms with Crippen molar-refractivity contribution < 1.29 is 14.5 Å². The molecular weight excluding hydrogens is 262 g/mol. The molecule has 1 aliphatic rings.